The van der Waals surface area contributed by atoms with Crippen molar-refractivity contribution in [2.45, 2.75) is 316 Å². The largest absolute Gasteiger partial charge is 0.472 e. The van der Waals surface area contributed by atoms with Gasteiger partial charge < -0.3 is 33.8 Å². The second kappa shape index (κ2) is 67.5. The van der Waals surface area contributed by atoms with E-state index in [0.717, 1.165) is 167 Å². The van der Waals surface area contributed by atoms with Gasteiger partial charge >= 0.3 is 39.5 Å². The Balaban J connectivity index is 5.35. The Bertz CT molecular complexity index is 2170. The number of ether oxygens (including phenoxy) is 4. The lowest BCUT2D eigenvalue weighted by Gasteiger charge is -2.21. The molecule has 3 N–H and O–H groups in total. The fraction of sp³-hybridized carbons (Fsp3) is 0.733. The summed E-state index contributed by atoms with van der Waals surface area (Å²) in [6.07, 6.45) is 68.4. The second-order valence-electron chi connectivity index (χ2n) is 24.1. The van der Waals surface area contributed by atoms with Crippen LogP contribution in [0.5, 0.6) is 0 Å². The number of unbranched alkanes of at least 4 members (excludes halogenated alkanes) is 26. The summed E-state index contributed by atoms with van der Waals surface area (Å²) in [6.45, 7) is 4.54. The Kier molecular flexibility index (Phi) is 64.7. The van der Waals surface area contributed by atoms with Crippen molar-refractivity contribution in [1.82, 2.24) is 0 Å². The number of phosphoric ester groups is 2. The van der Waals surface area contributed by atoms with Crippen LogP contribution in [0.25, 0.3) is 0 Å². The summed E-state index contributed by atoms with van der Waals surface area (Å²) in [5.74, 6) is -2.22. The van der Waals surface area contributed by atoms with Gasteiger partial charge in [-0.25, -0.2) is 9.13 Å². The third-order valence-electron chi connectivity index (χ3n) is 15.0. The van der Waals surface area contributed by atoms with Gasteiger partial charge in [0.05, 0.1) is 26.4 Å². The maximum atomic E-state index is 13.0. The van der Waals surface area contributed by atoms with Crippen LogP contribution in [0.15, 0.2) is 97.2 Å². The van der Waals surface area contributed by atoms with Crippen LogP contribution in [0.2, 0.25) is 0 Å². The van der Waals surface area contributed by atoms with Crippen LogP contribution in [0.4, 0.5) is 0 Å². The zero-order valence-corrected chi connectivity index (χ0v) is 60.7. The third-order valence-corrected chi connectivity index (χ3v) is 16.9. The molecule has 0 aromatic heterocycles. The summed E-state index contributed by atoms with van der Waals surface area (Å²) in [7, 11) is -9.95. The molecule has 542 valence electrons. The maximum absolute atomic E-state index is 13.0. The van der Waals surface area contributed by atoms with Gasteiger partial charge in [-0.05, 0) is 116 Å². The number of aliphatic hydroxyl groups excluding tert-OH is 1. The minimum absolute atomic E-state index is 0.0693. The fourth-order valence-electron chi connectivity index (χ4n) is 9.50. The average molecular weight is 1370 g/mol. The van der Waals surface area contributed by atoms with E-state index in [9.17, 15) is 43.2 Å². The number of phosphoric acid groups is 2. The molecule has 5 atom stereocenters. The van der Waals surface area contributed by atoms with Gasteiger partial charge in [-0.2, -0.15) is 0 Å². The number of hydrogen-bond acceptors (Lipinski definition) is 15. The summed E-state index contributed by atoms with van der Waals surface area (Å²) in [6, 6.07) is 0. The molecule has 0 heterocycles. The van der Waals surface area contributed by atoms with Crippen LogP contribution in [0.1, 0.15) is 297 Å². The molecule has 0 aliphatic heterocycles. The maximum Gasteiger partial charge on any atom is 0.472 e. The van der Waals surface area contributed by atoms with Gasteiger partial charge in [0.15, 0.2) is 12.2 Å². The molecule has 0 radical (unpaired) electrons. The molecule has 94 heavy (non-hydrogen) atoms. The lowest BCUT2D eigenvalue weighted by molar-refractivity contribution is -0.161. The van der Waals surface area contributed by atoms with Crippen LogP contribution in [0, 0.1) is 0 Å². The molecule has 5 unspecified atom stereocenters. The zero-order chi connectivity index (χ0) is 69.0. The SMILES string of the molecule is CC/C=C\C/C=C\C/C=C\C/C=C\CCCCCCC(=O)OCC(COP(=O)(O)OCC(O)COP(=O)(O)OCC(COC(=O)CCCCCCC/C=C\CCCC)OC(=O)CCCCCCCCCCCCC)OC(=O)CCCCCCC/C=C\C/C=C\C/C=C\CC. The minimum Gasteiger partial charge on any atom is -0.462 e. The van der Waals surface area contributed by atoms with E-state index in [-0.39, 0.29) is 25.7 Å². The number of rotatable bonds is 68. The lowest BCUT2D eigenvalue weighted by Crippen LogP contribution is -2.30. The average Bonchev–Trinajstić information content (AvgIpc) is 1.29. The molecule has 0 aromatic carbocycles. The fourth-order valence-corrected chi connectivity index (χ4v) is 11.1. The summed E-state index contributed by atoms with van der Waals surface area (Å²) in [4.78, 5) is 72.6. The van der Waals surface area contributed by atoms with Crippen molar-refractivity contribution in [2.24, 2.45) is 0 Å². The quantitative estimate of drug-likeness (QED) is 0.0169. The molecule has 0 aromatic rings. The smallest absolute Gasteiger partial charge is 0.462 e. The Morgan fingerprint density at radius 1 is 0.309 bits per heavy atom. The van der Waals surface area contributed by atoms with Crippen LogP contribution in [-0.2, 0) is 65.4 Å². The Labute approximate surface area is 569 Å². The van der Waals surface area contributed by atoms with E-state index in [1.165, 1.54) is 51.4 Å². The molecule has 0 fully saturated rings. The highest BCUT2D eigenvalue weighted by molar-refractivity contribution is 7.47. The van der Waals surface area contributed by atoms with E-state index in [2.05, 4.69) is 125 Å². The van der Waals surface area contributed by atoms with Gasteiger partial charge in [-0.3, -0.25) is 37.3 Å². The molecule has 0 aliphatic carbocycles. The number of aliphatic hydroxyl groups is 1. The third kappa shape index (κ3) is 66.6. The van der Waals surface area contributed by atoms with Gasteiger partial charge in [0.1, 0.15) is 19.3 Å². The van der Waals surface area contributed by atoms with E-state index in [1.807, 2.05) is 0 Å². The van der Waals surface area contributed by atoms with Crippen molar-refractivity contribution in [3.63, 3.8) is 0 Å². The zero-order valence-electron chi connectivity index (χ0n) is 58.9. The summed E-state index contributed by atoms with van der Waals surface area (Å²) in [5.41, 5.74) is 0. The van der Waals surface area contributed by atoms with Gasteiger partial charge in [0.2, 0.25) is 0 Å². The molecule has 0 saturated carbocycles. The van der Waals surface area contributed by atoms with Crippen LogP contribution >= 0.6 is 15.6 Å². The first-order valence-corrected chi connectivity index (χ1v) is 39.5. The molecule has 0 amide bonds. The molecule has 0 bridgehead atoms. The Hall–Kier alpha value is -4.02. The number of esters is 4. The Morgan fingerprint density at radius 2 is 0.564 bits per heavy atom. The first-order chi connectivity index (χ1) is 45.7. The van der Waals surface area contributed by atoms with E-state index >= 15 is 0 Å². The van der Waals surface area contributed by atoms with Crippen molar-refractivity contribution in [2.75, 3.05) is 39.6 Å². The van der Waals surface area contributed by atoms with Crippen LogP contribution < -0.4 is 0 Å². The van der Waals surface area contributed by atoms with Crippen molar-refractivity contribution >= 4 is 39.5 Å². The molecule has 17 nitrogen and oxygen atoms in total. The van der Waals surface area contributed by atoms with Gasteiger partial charge in [0.25, 0.3) is 0 Å². The standard InChI is InChI=1S/C75H130O17P2/c1-5-9-13-17-21-25-29-31-33-34-36-37-41-44-48-52-56-60-73(78)86-66-71(92-75(80)62-58-54-50-46-42-38-35-32-30-26-22-18-14-10-6-2)68-90-94(83,84)88-64-69(76)63-87-93(81,82)89-67-70(91-74(79)61-57-53-49-45-40-28-24-20-16-12-8-4)65-85-72(77)59-55-51-47-43-39-27-23-19-15-11-7-3/h9-10,13-14,19,21-23,25-26,31-33,35-37,69-71,76H,5-8,11-12,15-18,20,24,27-30,34,38-68H2,1-4H3,(H,81,82)(H,83,84)/b13-9-,14-10-,23-19-,25-21-,26-22-,33-31-,35-32-,37-36-. The molecule has 0 rings (SSSR count). The predicted octanol–water partition coefficient (Wildman–Crippen LogP) is 20.4. The monoisotopic (exact) mass is 1360 g/mol. The first-order valence-electron chi connectivity index (χ1n) is 36.5. The second-order valence-corrected chi connectivity index (χ2v) is 27.0. The molecular weight excluding hydrogens is 1230 g/mol. The van der Waals surface area contributed by atoms with Gasteiger partial charge in [0, 0.05) is 25.7 Å². The van der Waals surface area contributed by atoms with E-state index in [0.29, 0.717) is 25.7 Å². The lowest BCUT2D eigenvalue weighted by atomic mass is 10.1. The molecule has 0 spiro atoms. The predicted molar refractivity (Wildman–Crippen MR) is 381 cm³/mol. The number of carbonyl (C=O) groups excluding carboxylic acids is 4. The van der Waals surface area contributed by atoms with Crippen LogP contribution in [0.3, 0.4) is 0 Å². The van der Waals surface area contributed by atoms with Crippen molar-refractivity contribution in [3.8, 4) is 0 Å². The number of hydrogen-bond donors (Lipinski definition) is 3. The van der Waals surface area contributed by atoms with Crippen molar-refractivity contribution < 1.29 is 80.2 Å². The van der Waals surface area contributed by atoms with Crippen LogP contribution in [-0.4, -0.2) is 96.7 Å². The molecule has 0 aliphatic rings. The summed E-state index contributed by atoms with van der Waals surface area (Å²) < 4.78 is 68.3. The summed E-state index contributed by atoms with van der Waals surface area (Å²) >= 11 is 0. The summed E-state index contributed by atoms with van der Waals surface area (Å²) in [5, 5.41) is 10.6. The normalized spacial score (nSPS) is 14.6. The first kappa shape index (κ1) is 90.0. The minimum atomic E-state index is -4.98. The van der Waals surface area contributed by atoms with Gasteiger partial charge in [-0.15, -0.1) is 0 Å². The van der Waals surface area contributed by atoms with Crippen molar-refractivity contribution in [1.29, 1.82) is 0 Å². The molecule has 19 heteroatoms. The van der Waals surface area contributed by atoms with Gasteiger partial charge in [-0.1, -0.05) is 253 Å². The van der Waals surface area contributed by atoms with Crippen molar-refractivity contribution in [3.05, 3.63) is 97.2 Å². The van der Waals surface area contributed by atoms with E-state index in [1.54, 1.807) is 0 Å². The molecule has 0 saturated heterocycles. The number of carbonyl (C=O) groups is 4. The topological polar surface area (TPSA) is 237 Å². The van der Waals surface area contributed by atoms with E-state index < -0.39 is 97.5 Å². The number of allylic oxidation sites excluding steroid dienone is 16. The molecular formula is C75H130O17P2. The highest BCUT2D eigenvalue weighted by Gasteiger charge is 2.30. The van der Waals surface area contributed by atoms with E-state index in [4.69, 9.17) is 37.0 Å². The highest BCUT2D eigenvalue weighted by atomic mass is 31.2. The highest BCUT2D eigenvalue weighted by Crippen LogP contribution is 2.45. The Morgan fingerprint density at radius 3 is 0.894 bits per heavy atom.